The van der Waals surface area contributed by atoms with Crippen molar-refractivity contribution in [1.29, 1.82) is 5.26 Å². The SMILES string of the molecule is COCCn1c(Cc2cc(F)c(-c3cc(N)nc(OCc4ccc(C#N)cc4F)n3)cc2F)nc2ccc(C(=O)O)cc21. The lowest BCUT2D eigenvalue weighted by atomic mass is 10.0. The quantitative estimate of drug-likeness (QED) is 0.233. The fourth-order valence-corrected chi connectivity index (χ4v) is 4.48. The number of halogens is 3. The smallest absolute Gasteiger partial charge is 0.335 e. The lowest BCUT2D eigenvalue weighted by Crippen LogP contribution is -2.10. The van der Waals surface area contributed by atoms with Crippen LogP contribution in [0.5, 0.6) is 6.01 Å². The van der Waals surface area contributed by atoms with Crippen LogP contribution in [0.2, 0.25) is 0 Å². The third kappa shape index (κ3) is 6.24. The molecule has 5 aromatic rings. The molecule has 0 saturated heterocycles. The zero-order valence-electron chi connectivity index (χ0n) is 22.6. The van der Waals surface area contributed by atoms with Gasteiger partial charge in [-0.05, 0) is 48.0 Å². The topological polar surface area (TPSA) is 149 Å². The van der Waals surface area contributed by atoms with Crippen molar-refractivity contribution in [2.45, 2.75) is 19.6 Å². The van der Waals surface area contributed by atoms with Gasteiger partial charge in [0, 0.05) is 37.3 Å². The summed E-state index contributed by atoms with van der Waals surface area (Å²) in [5, 5.41) is 18.3. The number of rotatable bonds is 10. The number of carboxylic acid groups (broad SMARTS) is 1. The minimum Gasteiger partial charge on any atom is -0.478 e. The number of nitriles is 1. The summed E-state index contributed by atoms with van der Waals surface area (Å²) >= 11 is 0. The van der Waals surface area contributed by atoms with Crippen LogP contribution in [0.1, 0.15) is 32.9 Å². The van der Waals surface area contributed by atoms with Crippen molar-refractivity contribution in [3.63, 3.8) is 0 Å². The molecule has 2 aromatic heterocycles. The van der Waals surface area contributed by atoms with Gasteiger partial charge in [0.15, 0.2) is 0 Å². The molecule has 0 atom stereocenters. The van der Waals surface area contributed by atoms with E-state index in [9.17, 15) is 14.3 Å². The first-order valence-electron chi connectivity index (χ1n) is 12.8. The maximum Gasteiger partial charge on any atom is 0.335 e. The fraction of sp³-hybridized carbons (Fsp3) is 0.167. The Morgan fingerprint density at radius 2 is 1.79 bits per heavy atom. The number of benzene rings is 3. The first-order valence-corrected chi connectivity index (χ1v) is 12.8. The largest absolute Gasteiger partial charge is 0.478 e. The molecule has 2 heterocycles. The number of carboxylic acids is 1. The summed E-state index contributed by atoms with van der Waals surface area (Å²) in [6, 6.07) is 13.1. The van der Waals surface area contributed by atoms with Crippen LogP contribution in [0.4, 0.5) is 19.0 Å². The van der Waals surface area contributed by atoms with Gasteiger partial charge in [-0.15, -0.1) is 0 Å². The van der Waals surface area contributed by atoms with Crippen LogP contribution in [0.15, 0.2) is 54.6 Å². The van der Waals surface area contributed by atoms with Crippen LogP contribution in [-0.2, 0) is 24.3 Å². The molecule has 43 heavy (non-hydrogen) atoms. The van der Waals surface area contributed by atoms with Crippen molar-refractivity contribution in [3.05, 3.63) is 100 Å². The van der Waals surface area contributed by atoms with Gasteiger partial charge in [-0.25, -0.2) is 22.9 Å². The van der Waals surface area contributed by atoms with E-state index in [1.807, 2.05) is 6.07 Å². The normalized spacial score (nSPS) is 11.0. The number of methoxy groups -OCH3 is 1. The Morgan fingerprint density at radius 3 is 2.51 bits per heavy atom. The highest BCUT2D eigenvalue weighted by atomic mass is 19.1. The van der Waals surface area contributed by atoms with Crippen molar-refractivity contribution < 1.29 is 32.5 Å². The number of nitrogens with zero attached hydrogens (tertiary/aromatic N) is 5. The molecule has 0 aliphatic heterocycles. The number of anilines is 1. The molecule has 0 unspecified atom stereocenters. The Morgan fingerprint density at radius 1 is 1.00 bits per heavy atom. The summed E-state index contributed by atoms with van der Waals surface area (Å²) in [6.45, 7) is 0.292. The molecule has 218 valence electrons. The molecule has 3 N–H and O–H groups in total. The molecular weight excluding hydrogens is 565 g/mol. The van der Waals surface area contributed by atoms with Crippen LogP contribution in [0, 0.1) is 28.8 Å². The van der Waals surface area contributed by atoms with Gasteiger partial charge in [-0.3, -0.25) is 0 Å². The molecule has 3 aromatic carbocycles. The van der Waals surface area contributed by atoms with Gasteiger partial charge in [0.2, 0.25) is 0 Å². The van der Waals surface area contributed by atoms with E-state index in [-0.39, 0.29) is 65.0 Å². The Hall–Kier alpha value is -5.48. The number of aromatic nitrogens is 4. The fourth-order valence-electron chi connectivity index (χ4n) is 4.48. The van der Waals surface area contributed by atoms with E-state index in [1.165, 1.54) is 37.4 Å². The van der Waals surface area contributed by atoms with Crippen molar-refractivity contribution in [2.24, 2.45) is 0 Å². The highest BCUT2D eigenvalue weighted by Gasteiger charge is 2.19. The van der Waals surface area contributed by atoms with E-state index in [1.54, 1.807) is 10.6 Å². The maximum atomic E-state index is 15.4. The standard InChI is InChI=1S/C30H23F3N6O4/c1-42-7-6-39-26-10-17(29(40)41)4-5-24(26)36-28(39)11-19-9-23(33)20(12-22(19)32)25-13-27(35)38-30(37-25)43-15-18-3-2-16(14-34)8-21(18)31/h2-5,8-10,12-13H,6-7,11,15H2,1H3,(H,40,41)(H2,35,37,38). The Labute approximate surface area is 242 Å². The average molecular weight is 589 g/mol. The lowest BCUT2D eigenvalue weighted by Gasteiger charge is -2.12. The second kappa shape index (κ2) is 12.2. The number of ether oxygens (including phenoxy) is 2. The van der Waals surface area contributed by atoms with Crippen LogP contribution in [0.3, 0.4) is 0 Å². The first-order chi connectivity index (χ1) is 20.7. The molecule has 13 heteroatoms. The zero-order valence-corrected chi connectivity index (χ0v) is 22.6. The molecular formula is C30H23F3N6O4. The molecule has 0 aliphatic carbocycles. The third-order valence-electron chi connectivity index (χ3n) is 6.62. The van der Waals surface area contributed by atoms with Crippen LogP contribution in [-0.4, -0.2) is 44.3 Å². The number of nitrogen functional groups attached to an aromatic ring is 1. The third-order valence-corrected chi connectivity index (χ3v) is 6.62. The summed E-state index contributed by atoms with van der Waals surface area (Å²) in [7, 11) is 1.51. The second-order valence-corrected chi connectivity index (χ2v) is 9.45. The van der Waals surface area contributed by atoms with E-state index < -0.39 is 23.4 Å². The number of nitrogens with two attached hydrogens (primary N) is 1. The van der Waals surface area contributed by atoms with Gasteiger partial charge in [0.1, 0.15) is 35.7 Å². The Kier molecular flexibility index (Phi) is 8.22. The molecule has 0 aliphatic rings. The number of fused-ring (bicyclic) bond motifs is 1. The van der Waals surface area contributed by atoms with Crippen molar-refractivity contribution in [1.82, 2.24) is 19.5 Å². The minimum absolute atomic E-state index is 0.00322. The summed E-state index contributed by atoms with van der Waals surface area (Å²) in [4.78, 5) is 24.1. The van der Waals surface area contributed by atoms with E-state index in [2.05, 4.69) is 15.0 Å². The maximum absolute atomic E-state index is 15.4. The first kappa shape index (κ1) is 29.0. The summed E-state index contributed by atoms with van der Waals surface area (Å²) in [5.74, 6) is -3.01. The second-order valence-electron chi connectivity index (χ2n) is 9.45. The van der Waals surface area contributed by atoms with Gasteiger partial charge in [0.05, 0.1) is 40.5 Å². The zero-order chi connectivity index (χ0) is 30.7. The number of hydrogen-bond acceptors (Lipinski definition) is 8. The Balaban J connectivity index is 1.43. The average Bonchev–Trinajstić information content (AvgIpc) is 3.32. The van der Waals surface area contributed by atoms with Gasteiger partial charge in [0.25, 0.3) is 0 Å². The molecule has 0 radical (unpaired) electrons. The van der Waals surface area contributed by atoms with Crippen molar-refractivity contribution in [3.8, 4) is 23.3 Å². The monoisotopic (exact) mass is 588 g/mol. The Bertz CT molecular complexity index is 1900. The molecule has 0 amide bonds. The van der Waals surface area contributed by atoms with Crippen molar-refractivity contribution >= 4 is 22.8 Å². The molecule has 0 spiro atoms. The molecule has 0 bridgehead atoms. The number of hydrogen-bond donors (Lipinski definition) is 2. The number of carbonyl (C=O) groups is 1. The summed E-state index contributed by atoms with van der Waals surface area (Å²) in [6.07, 6.45) is -0.0970. The van der Waals surface area contributed by atoms with E-state index >= 15 is 8.78 Å². The highest BCUT2D eigenvalue weighted by molar-refractivity contribution is 5.92. The summed E-state index contributed by atoms with van der Waals surface area (Å²) < 4.78 is 57.4. The van der Waals surface area contributed by atoms with Crippen molar-refractivity contribution in [2.75, 3.05) is 19.5 Å². The predicted octanol–water partition coefficient (Wildman–Crippen LogP) is 4.88. The lowest BCUT2D eigenvalue weighted by molar-refractivity contribution is 0.0697. The van der Waals surface area contributed by atoms with Gasteiger partial charge in [-0.1, -0.05) is 6.07 Å². The van der Waals surface area contributed by atoms with E-state index in [4.69, 9.17) is 20.5 Å². The predicted molar refractivity (Wildman–Crippen MR) is 149 cm³/mol. The van der Waals surface area contributed by atoms with Gasteiger partial charge < -0.3 is 24.9 Å². The minimum atomic E-state index is -1.10. The van der Waals surface area contributed by atoms with Gasteiger partial charge in [-0.2, -0.15) is 15.2 Å². The van der Waals surface area contributed by atoms with E-state index in [0.29, 0.717) is 23.4 Å². The van der Waals surface area contributed by atoms with E-state index in [0.717, 1.165) is 18.2 Å². The summed E-state index contributed by atoms with van der Waals surface area (Å²) in [5.41, 5.74) is 6.96. The van der Waals surface area contributed by atoms with Crippen LogP contribution >= 0.6 is 0 Å². The van der Waals surface area contributed by atoms with Crippen LogP contribution < -0.4 is 10.5 Å². The van der Waals surface area contributed by atoms with Crippen LogP contribution in [0.25, 0.3) is 22.3 Å². The molecule has 0 saturated carbocycles. The number of aromatic carboxylic acids is 1. The molecule has 0 fully saturated rings. The van der Waals surface area contributed by atoms with Gasteiger partial charge >= 0.3 is 12.0 Å². The number of imidazole rings is 1. The highest BCUT2D eigenvalue weighted by Crippen LogP contribution is 2.29. The molecule has 10 nitrogen and oxygen atoms in total. The molecule has 5 rings (SSSR count).